The lowest BCUT2D eigenvalue weighted by molar-refractivity contribution is -0.136. The van der Waals surface area contributed by atoms with Crippen molar-refractivity contribution in [1.82, 2.24) is 4.90 Å². The highest BCUT2D eigenvalue weighted by Gasteiger charge is 2.41. The summed E-state index contributed by atoms with van der Waals surface area (Å²) in [7, 11) is 3.17. The summed E-state index contributed by atoms with van der Waals surface area (Å²) in [5, 5.41) is 0. The van der Waals surface area contributed by atoms with E-state index in [1.807, 2.05) is 23.1 Å². The number of nitrogens with zero attached hydrogens (tertiary/aromatic N) is 2. The summed E-state index contributed by atoms with van der Waals surface area (Å²) in [5.74, 6) is 0.0519. The molecule has 158 valence electrons. The summed E-state index contributed by atoms with van der Waals surface area (Å²) in [6.45, 7) is 0.843. The number of para-hydroxylation sites is 1. The number of benzene rings is 2. The van der Waals surface area contributed by atoms with Crippen LogP contribution in [0.3, 0.4) is 0 Å². The fourth-order valence-electron chi connectivity index (χ4n) is 4.45. The van der Waals surface area contributed by atoms with E-state index in [4.69, 9.17) is 9.47 Å². The number of carbonyl (C=O) groups is 2. The van der Waals surface area contributed by atoms with Crippen LogP contribution in [0.1, 0.15) is 30.9 Å². The standard InChI is InChI=1S/C23H25FN2O4/c1-29-20-10-9-15(12-21(20)30-2)18-8-5-11-25(18)23(28)16-13-22(27)26(14-16)19-7-4-3-6-17(19)24/h3-4,6-7,9-10,12,16,18H,5,8,11,13-14H2,1-2H3. The molecule has 2 aromatic rings. The molecule has 0 aromatic heterocycles. The number of halogens is 1. The Balaban J connectivity index is 1.53. The van der Waals surface area contributed by atoms with E-state index in [1.54, 1.807) is 32.4 Å². The zero-order valence-corrected chi connectivity index (χ0v) is 17.1. The van der Waals surface area contributed by atoms with Gasteiger partial charge in [-0.1, -0.05) is 18.2 Å². The molecule has 2 saturated heterocycles. The van der Waals surface area contributed by atoms with Crippen molar-refractivity contribution in [2.75, 3.05) is 32.2 Å². The molecule has 0 aliphatic carbocycles. The van der Waals surface area contributed by atoms with Crippen LogP contribution in [0.5, 0.6) is 11.5 Å². The van der Waals surface area contributed by atoms with E-state index in [9.17, 15) is 14.0 Å². The normalized spacial score (nSPS) is 21.2. The summed E-state index contributed by atoms with van der Waals surface area (Å²) in [5.41, 5.74) is 1.21. The van der Waals surface area contributed by atoms with Crippen LogP contribution in [0.2, 0.25) is 0 Å². The van der Waals surface area contributed by atoms with E-state index in [1.165, 1.54) is 11.0 Å². The summed E-state index contributed by atoms with van der Waals surface area (Å²) in [4.78, 5) is 29.1. The predicted molar refractivity (Wildman–Crippen MR) is 110 cm³/mol. The zero-order valence-electron chi connectivity index (χ0n) is 17.1. The lowest BCUT2D eigenvalue weighted by Crippen LogP contribution is -2.37. The molecule has 2 aliphatic heterocycles. The average Bonchev–Trinajstić information content (AvgIpc) is 3.40. The minimum atomic E-state index is -0.474. The van der Waals surface area contributed by atoms with Crippen molar-refractivity contribution in [2.24, 2.45) is 5.92 Å². The van der Waals surface area contributed by atoms with Gasteiger partial charge in [0.05, 0.1) is 31.9 Å². The molecule has 2 unspecified atom stereocenters. The van der Waals surface area contributed by atoms with Crippen LogP contribution in [0.4, 0.5) is 10.1 Å². The molecule has 7 heteroatoms. The van der Waals surface area contributed by atoms with Gasteiger partial charge in [0, 0.05) is 19.5 Å². The Kier molecular flexibility index (Phi) is 5.61. The van der Waals surface area contributed by atoms with Gasteiger partial charge in [-0.3, -0.25) is 9.59 Å². The Morgan fingerprint density at radius 1 is 1.10 bits per heavy atom. The molecule has 0 N–H and O–H groups in total. The first-order valence-electron chi connectivity index (χ1n) is 10.1. The maximum absolute atomic E-state index is 14.1. The monoisotopic (exact) mass is 412 g/mol. The second-order valence-electron chi connectivity index (χ2n) is 7.66. The maximum Gasteiger partial charge on any atom is 0.228 e. The molecular formula is C23H25FN2O4. The van der Waals surface area contributed by atoms with Crippen molar-refractivity contribution in [3.05, 3.63) is 53.8 Å². The quantitative estimate of drug-likeness (QED) is 0.754. The van der Waals surface area contributed by atoms with Gasteiger partial charge in [0.15, 0.2) is 11.5 Å². The lowest BCUT2D eigenvalue weighted by atomic mass is 10.0. The summed E-state index contributed by atoms with van der Waals surface area (Å²) < 4.78 is 24.9. The van der Waals surface area contributed by atoms with Crippen molar-refractivity contribution < 1.29 is 23.5 Å². The van der Waals surface area contributed by atoms with Crippen molar-refractivity contribution in [1.29, 1.82) is 0 Å². The molecule has 0 radical (unpaired) electrons. The molecule has 0 saturated carbocycles. The van der Waals surface area contributed by atoms with Crippen molar-refractivity contribution in [3.63, 3.8) is 0 Å². The van der Waals surface area contributed by atoms with Gasteiger partial charge in [-0.2, -0.15) is 0 Å². The molecule has 6 nitrogen and oxygen atoms in total. The van der Waals surface area contributed by atoms with Gasteiger partial charge < -0.3 is 19.3 Å². The van der Waals surface area contributed by atoms with Gasteiger partial charge in [0.2, 0.25) is 11.8 Å². The summed E-state index contributed by atoms with van der Waals surface area (Å²) >= 11 is 0. The van der Waals surface area contributed by atoms with Gasteiger partial charge in [0.1, 0.15) is 5.82 Å². The molecule has 0 bridgehead atoms. The Hall–Kier alpha value is -3.09. The zero-order chi connectivity index (χ0) is 21.3. The highest BCUT2D eigenvalue weighted by atomic mass is 19.1. The van der Waals surface area contributed by atoms with Gasteiger partial charge in [-0.05, 0) is 42.7 Å². The van der Waals surface area contributed by atoms with E-state index in [0.717, 1.165) is 18.4 Å². The van der Waals surface area contributed by atoms with Gasteiger partial charge >= 0.3 is 0 Å². The average molecular weight is 412 g/mol. The first-order chi connectivity index (χ1) is 14.5. The second kappa shape index (κ2) is 8.34. The van der Waals surface area contributed by atoms with Crippen LogP contribution < -0.4 is 14.4 Å². The van der Waals surface area contributed by atoms with E-state index in [-0.39, 0.29) is 36.5 Å². The molecule has 2 amide bonds. The number of likely N-dealkylation sites (tertiary alicyclic amines) is 1. The molecule has 0 spiro atoms. The van der Waals surface area contributed by atoms with Gasteiger partial charge in [-0.15, -0.1) is 0 Å². The Morgan fingerprint density at radius 2 is 1.87 bits per heavy atom. The molecule has 2 aliphatic rings. The fourth-order valence-corrected chi connectivity index (χ4v) is 4.45. The van der Waals surface area contributed by atoms with E-state index >= 15 is 0 Å². The molecule has 4 rings (SSSR count). The predicted octanol–water partition coefficient (Wildman–Crippen LogP) is 3.56. The van der Waals surface area contributed by atoms with Gasteiger partial charge in [-0.25, -0.2) is 4.39 Å². The number of hydrogen-bond donors (Lipinski definition) is 0. The highest BCUT2D eigenvalue weighted by molar-refractivity contribution is 6.00. The highest BCUT2D eigenvalue weighted by Crippen LogP contribution is 2.38. The molecule has 2 aromatic carbocycles. The van der Waals surface area contributed by atoms with E-state index < -0.39 is 11.7 Å². The Labute approximate surface area is 175 Å². The first kappa shape index (κ1) is 20.2. The second-order valence-corrected chi connectivity index (χ2v) is 7.66. The minimum Gasteiger partial charge on any atom is -0.493 e. The summed E-state index contributed by atoms with van der Waals surface area (Å²) in [6.07, 6.45) is 1.84. The van der Waals surface area contributed by atoms with E-state index in [2.05, 4.69) is 0 Å². The van der Waals surface area contributed by atoms with Crippen LogP contribution in [0.15, 0.2) is 42.5 Å². The SMILES string of the molecule is COc1ccc(C2CCCN2C(=O)C2CC(=O)N(c3ccccc3F)C2)cc1OC. The van der Waals surface area contributed by atoms with Crippen molar-refractivity contribution in [3.8, 4) is 11.5 Å². The van der Waals surface area contributed by atoms with Crippen molar-refractivity contribution in [2.45, 2.75) is 25.3 Å². The third kappa shape index (κ3) is 3.60. The number of ether oxygens (including phenoxy) is 2. The fraction of sp³-hybridized carbons (Fsp3) is 0.391. The number of hydrogen-bond acceptors (Lipinski definition) is 4. The van der Waals surface area contributed by atoms with Crippen LogP contribution in [-0.4, -0.2) is 44.0 Å². The Morgan fingerprint density at radius 3 is 2.60 bits per heavy atom. The molecule has 2 fully saturated rings. The molecular weight excluding hydrogens is 387 g/mol. The third-order valence-electron chi connectivity index (χ3n) is 5.95. The minimum absolute atomic E-state index is 0.0560. The van der Waals surface area contributed by atoms with Crippen molar-refractivity contribution >= 4 is 17.5 Å². The number of anilines is 1. The maximum atomic E-state index is 14.1. The number of methoxy groups -OCH3 is 2. The smallest absolute Gasteiger partial charge is 0.228 e. The number of carbonyl (C=O) groups excluding carboxylic acids is 2. The molecule has 2 atom stereocenters. The topological polar surface area (TPSA) is 59.1 Å². The van der Waals surface area contributed by atoms with Crippen LogP contribution in [0.25, 0.3) is 0 Å². The first-order valence-corrected chi connectivity index (χ1v) is 10.1. The van der Waals surface area contributed by atoms with Gasteiger partial charge in [0.25, 0.3) is 0 Å². The molecule has 30 heavy (non-hydrogen) atoms. The number of rotatable bonds is 5. The van der Waals surface area contributed by atoms with Crippen LogP contribution in [-0.2, 0) is 9.59 Å². The lowest BCUT2D eigenvalue weighted by Gasteiger charge is -2.28. The largest absolute Gasteiger partial charge is 0.493 e. The number of amides is 2. The Bertz CT molecular complexity index is 964. The van der Waals surface area contributed by atoms with Crippen LogP contribution >= 0.6 is 0 Å². The molecule has 2 heterocycles. The van der Waals surface area contributed by atoms with E-state index in [0.29, 0.717) is 18.0 Å². The third-order valence-corrected chi connectivity index (χ3v) is 5.95. The van der Waals surface area contributed by atoms with Crippen LogP contribution in [0, 0.1) is 11.7 Å². The summed E-state index contributed by atoms with van der Waals surface area (Å²) in [6, 6.07) is 11.8.